The predicted octanol–water partition coefficient (Wildman–Crippen LogP) is 1.35. The topological polar surface area (TPSA) is 89.7 Å². The number of nitrogens with two attached hydrogens (primary N) is 1. The highest BCUT2D eigenvalue weighted by Gasteiger charge is 2.64. The largest absolute Gasteiger partial charge is 0.367 e. The van der Waals surface area contributed by atoms with Crippen molar-refractivity contribution in [3.05, 3.63) is 33.8 Å². The molecule has 2 N–H and O–H groups in total. The summed E-state index contributed by atoms with van der Waals surface area (Å²) in [4.78, 5) is 38.1. The molecular formula is C16H16Cl2N2O4. The van der Waals surface area contributed by atoms with E-state index >= 15 is 0 Å². The summed E-state index contributed by atoms with van der Waals surface area (Å²) in [6.45, 7) is 0.0791. The molecule has 0 saturated carbocycles. The first-order valence-electron chi connectivity index (χ1n) is 7.56. The van der Waals surface area contributed by atoms with Crippen LogP contribution in [-0.2, 0) is 25.5 Å². The number of ether oxygens (including phenoxy) is 1. The average molecular weight is 371 g/mol. The van der Waals surface area contributed by atoms with Gasteiger partial charge in [0.2, 0.25) is 11.4 Å². The molecule has 3 rings (SSSR count). The molecular weight excluding hydrogens is 355 g/mol. The van der Waals surface area contributed by atoms with Gasteiger partial charge in [0.1, 0.15) is 6.61 Å². The van der Waals surface area contributed by atoms with Crippen LogP contribution in [0.4, 0.5) is 0 Å². The third-order valence-electron chi connectivity index (χ3n) is 4.57. The van der Waals surface area contributed by atoms with Gasteiger partial charge in [-0.1, -0.05) is 23.2 Å². The Bertz CT molecular complexity index is 704. The van der Waals surface area contributed by atoms with Crippen LogP contribution in [-0.4, -0.2) is 47.3 Å². The van der Waals surface area contributed by atoms with Crippen molar-refractivity contribution in [3.8, 4) is 0 Å². The summed E-state index contributed by atoms with van der Waals surface area (Å²) in [5.41, 5.74) is 4.63. The second kappa shape index (κ2) is 6.35. The van der Waals surface area contributed by atoms with Crippen molar-refractivity contribution in [1.82, 2.24) is 4.90 Å². The number of halogens is 2. The van der Waals surface area contributed by atoms with Gasteiger partial charge in [-0.3, -0.25) is 14.4 Å². The number of amides is 2. The lowest BCUT2D eigenvalue weighted by Gasteiger charge is -2.32. The summed E-state index contributed by atoms with van der Waals surface area (Å²) in [7, 11) is 0. The fourth-order valence-corrected chi connectivity index (χ4v) is 4.09. The van der Waals surface area contributed by atoms with Crippen LogP contribution in [0.25, 0.3) is 0 Å². The monoisotopic (exact) mass is 370 g/mol. The summed E-state index contributed by atoms with van der Waals surface area (Å²) in [6.07, 6.45) is 0.284. The maximum absolute atomic E-state index is 12.6. The Hall–Kier alpha value is -1.63. The maximum atomic E-state index is 12.6. The summed E-state index contributed by atoms with van der Waals surface area (Å²) in [6, 6.07) is 5.05. The lowest BCUT2D eigenvalue weighted by atomic mass is 9.89. The second-order valence-corrected chi connectivity index (χ2v) is 6.84. The number of hydrogen-bond acceptors (Lipinski definition) is 4. The van der Waals surface area contributed by atoms with E-state index in [0.29, 0.717) is 22.9 Å². The zero-order chi connectivity index (χ0) is 17.5. The summed E-state index contributed by atoms with van der Waals surface area (Å²) in [5, 5.41) is 0.971. The molecule has 24 heavy (non-hydrogen) atoms. The number of hydrogen-bond donors (Lipinski definition) is 1. The van der Waals surface area contributed by atoms with Gasteiger partial charge in [-0.15, -0.1) is 0 Å². The number of likely N-dealkylation sites (tertiary alicyclic amines) is 1. The minimum Gasteiger partial charge on any atom is -0.367 e. The molecule has 0 bridgehead atoms. The molecule has 128 valence electrons. The van der Waals surface area contributed by atoms with Crippen molar-refractivity contribution in [1.29, 1.82) is 0 Å². The van der Waals surface area contributed by atoms with Crippen molar-refractivity contribution in [2.75, 3.05) is 13.2 Å². The number of benzene rings is 1. The Morgan fingerprint density at radius 3 is 2.58 bits per heavy atom. The first-order chi connectivity index (χ1) is 11.4. The molecule has 2 atom stereocenters. The number of ketones is 1. The normalized spacial score (nSPS) is 25.8. The Morgan fingerprint density at radius 2 is 1.96 bits per heavy atom. The Kier molecular flexibility index (Phi) is 4.55. The van der Waals surface area contributed by atoms with Crippen LogP contribution in [0.5, 0.6) is 0 Å². The van der Waals surface area contributed by atoms with Gasteiger partial charge in [-0.05, 0) is 36.6 Å². The van der Waals surface area contributed by atoms with E-state index in [4.69, 9.17) is 33.7 Å². The molecule has 6 nitrogen and oxygen atoms in total. The van der Waals surface area contributed by atoms with Crippen molar-refractivity contribution < 1.29 is 19.1 Å². The maximum Gasteiger partial charge on any atom is 0.254 e. The van der Waals surface area contributed by atoms with Crippen molar-refractivity contribution in [2.24, 2.45) is 5.73 Å². The van der Waals surface area contributed by atoms with E-state index in [1.54, 1.807) is 18.2 Å². The molecule has 0 spiro atoms. The van der Waals surface area contributed by atoms with Gasteiger partial charge in [0.05, 0.1) is 6.10 Å². The smallest absolute Gasteiger partial charge is 0.254 e. The fraction of sp³-hybridized carbons (Fsp3) is 0.438. The number of rotatable bonds is 4. The Morgan fingerprint density at radius 1 is 1.29 bits per heavy atom. The number of carbonyl (C=O) groups is 3. The summed E-state index contributed by atoms with van der Waals surface area (Å²) in [5.74, 6) is -1.59. The molecule has 2 fully saturated rings. The van der Waals surface area contributed by atoms with Crippen molar-refractivity contribution >= 4 is 40.8 Å². The van der Waals surface area contributed by atoms with Gasteiger partial charge < -0.3 is 15.4 Å². The zero-order valence-corrected chi connectivity index (χ0v) is 14.3. The highest BCUT2D eigenvalue weighted by atomic mass is 35.5. The third-order valence-corrected chi connectivity index (χ3v) is 5.01. The van der Waals surface area contributed by atoms with E-state index in [2.05, 4.69) is 0 Å². The van der Waals surface area contributed by atoms with E-state index in [1.165, 1.54) is 4.90 Å². The van der Waals surface area contributed by atoms with E-state index < -0.39 is 23.3 Å². The lowest BCUT2D eigenvalue weighted by Crippen LogP contribution is -2.63. The Balaban J connectivity index is 1.77. The average Bonchev–Trinajstić information content (AvgIpc) is 3.03. The third kappa shape index (κ3) is 2.68. The van der Waals surface area contributed by atoms with Crippen LogP contribution in [0.3, 0.4) is 0 Å². The molecule has 2 heterocycles. The summed E-state index contributed by atoms with van der Waals surface area (Å²) < 4.78 is 5.35. The summed E-state index contributed by atoms with van der Waals surface area (Å²) >= 11 is 11.9. The molecule has 8 heteroatoms. The molecule has 2 saturated heterocycles. The molecule has 1 aromatic rings. The fourth-order valence-electron chi connectivity index (χ4n) is 3.52. The number of Topliss-reactive ketones (excluding diaryl/α,β-unsaturated/α-hetero) is 1. The molecule has 0 aliphatic carbocycles. The van der Waals surface area contributed by atoms with Gasteiger partial charge in [-0.2, -0.15) is 0 Å². The predicted molar refractivity (Wildman–Crippen MR) is 87.8 cm³/mol. The number of aryl methyl sites for hydroxylation is 1. The quantitative estimate of drug-likeness (QED) is 0.810. The number of primary amides is 1. The van der Waals surface area contributed by atoms with Crippen LogP contribution >= 0.6 is 23.2 Å². The molecule has 2 aliphatic heterocycles. The number of carbonyl (C=O) groups excluding carboxylic acids is 3. The number of fused-ring (bicyclic) bond motifs is 1. The van der Waals surface area contributed by atoms with Gasteiger partial charge in [-0.25, -0.2) is 0 Å². The molecule has 2 amide bonds. The first-order valence-corrected chi connectivity index (χ1v) is 8.31. The Labute approximate surface area is 148 Å². The first kappa shape index (κ1) is 17.2. The second-order valence-electron chi connectivity index (χ2n) is 5.97. The lowest BCUT2D eigenvalue weighted by molar-refractivity contribution is -0.150. The van der Waals surface area contributed by atoms with Gasteiger partial charge >= 0.3 is 0 Å². The number of nitrogens with zero attached hydrogens (tertiary/aromatic N) is 1. The molecule has 1 aromatic carbocycles. The van der Waals surface area contributed by atoms with E-state index in [1.807, 2.05) is 0 Å². The van der Waals surface area contributed by atoms with Crippen LogP contribution in [0, 0.1) is 0 Å². The minimum atomic E-state index is -1.65. The molecule has 0 aromatic heterocycles. The minimum absolute atomic E-state index is 0.117. The van der Waals surface area contributed by atoms with Gasteiger partial charge in [0, 0.05) is 23.0 Å². The van der Waals surface area contributed by atoms with Crippen LogP contribution < -0.4 is 5.73 Å². The molecule has 2 aliphatic rings. The van der Waals surface area contributed by atoms with Gasteiger partial charge in [0.15, 0.2) is 5.78 Å². The van der Waals surface area contributed by atoms with Gasteiger partial charge in [0.25, 0.3) is 5.91 Å². The van der Waals surface area contributed by atoms with E-state index in [9.17, 15) is 14.4 Å². The highest BCUT2D eigenvalue weighted by Crippen LogP contribution is 2.38. The highest BCUT2D eigenvalue weighted by molar-refractivity contribution is 6.34. The van der Waals surface area contributed by atoms with Crippen molar-refractivity contribution in [3.63, 3.8) is 0 Å². The van der Waals surface area contributed by atoms with Crippen LogP contribution in [0.1, 0.15) is 18.4 Å². The zero-order valence-electron chi connectivity index (χ0n) is 12.8. The van der Waals surface area contributed by atoms with Crippen LogP contribution in [0.2, 0.25) is 10.0 Å². The standard InChI is InChI=1S/C16H16Cl2N2O4/c17-10-5-9(6-11(18)7-10)1-2-14(22)20-4-3-13-16(20,15(19)23)12(21)8-24-13/h5-7,13H,1-4,8H2,(H2,19,23). The van der Waals surface area contributed by atoms with E-state index in [-0.39, 0.29) is 25.5 Å². The molecule has 2 unspecified atom stereocenters. The van der Waals surface area contributed by atoms with E-state index in [0.717, 1.165) is 5.56 Å². The van der Waals surface area contributed by atoms with Crippen molar-refractivity contribution in [2.45, 2.75) is 30.9 Å². The SMILES string of the molecule is NC(=O)C12C(=O)COC1CCN2C(=O)CCc1cc(Cl)cc(Cl)c1. The molecule has 0 radical (unpaired) electrons. The van der Waals surface area contributed by atoms with Crippen LogP contribution in [0.15, 0.2) is 18.2 Å².